The topological polar surface area (TPSA) is 53.5 Å². The number of hydrogen-bond donors (Lipinski definition) is 2. The largest absolute Gasteiger partial charge is 0.351 e. The van der Waals surface area contributed by atoms with Crippen LogP contribution in [0.2, 0.25) is 0 Å². The number of hydrogen-bond acceptors (Lipinski definition) is 3. The first kappa shape index (κ1) is 10.7. The van der Waals surface area contributed by atoms with E-state index in [-0.39, 0.29) is 5.91 Å². The maximum atomic E-state index is 11.4. The summed E-state index contributed by atoms with van der Waals surface area (Å²) in [5, 5.41) is 6.92. The Morgan fingerprint density at radius 3 is 2.94 bits per heavy atom. The number of carbonyl (C=O) groups excluding carboxylic acids is 1. The van der Waals surface area contributed by atoms with Gasteiger partial charge in [0.2, 0.25) is 0 Å². The first-order chi connectivity index (χ1) is 7.77. The molecule has 1 aromatic carbocycles. The van der Waals surface area contributed by atoms with Gasteiger partial charge in [0.25, 0.3) is 5.91 Å². The molecule has 0 spiro atoms. The van der Waals surface area contributed by atoms with Crippen LogP contribution in [0.25, 0.3) is 0 Å². The first-order valence-electron chi connectivity index (χ1n) is 5.44. The SMILES string of the molecule is Cc1ccccc1NN=C1CCCNC1=O. The predicted octanol–water partition coefficient (Wildman–Crippen LogP) is 1.67. The number of amides is 1. The van der Waals surface area contributed by atoms with E-state index in [0.717, 1.165) is 30.6 Å². The van der Waals surface area contributed by atoms with Crippen molar-refractivity contribution >= 4 is 17.3 Å². The van der Waals surface area contributed by atoms with Crippen molar-refractivity contribution in [3.8, 4) is 0 Å². The highest BCUT2D eigenvalue weighted by atomic mass is 16.2. The molecule has 2 N–H and O–H groups in total. The van der Waals surface area contributed by atoms with Gasteiger partial charge in [0.15, 0.2) is 0 Å². The third kappa shape index (κ3) is 2.39. The average molecular weight is 217 g/mol. The van der Waals surface area contributed by atoms with Crippen molar-refractivity contribution in [2.24, 2.45) is 5.10 Å². The van der Waals surface area contributed by atoms with E-state index in [1.165, 1.54) is 0 Å². The van der Waals surface area contributed by atoms with Crippen LogP contribution in [0.4, 0.5) is 5.69 Å². The second-order valence-electron chi connectivity index (χ2n) is 3.84. The molecule has 1 aromatic rings. The van der Waals surface area contributed by atoms with Crippen LogP contribution in [-0.4, -0.2) is 18.2 Å². The molecule has 1 saturated heterocycles. The van der Waals surface area contributed by atoms with Gasteiger partial charge in [0.1, 0.15) is 5.71 Å². The maximum Gasteiger partial charge on any atom is 0.267 e. The van der Waals surface area contributed by atoms with Gasteiger partial charge in [-0.1, -0.05) is 18.2 Å². The molecule has 1 fully saturated rings. The van der Waals surface area contributed by atoms with E-state index < -0.39 is 0 Å². The molecule has 16 heavy (non-hydrogen) atoms. The number of para-hydroxylation sites is 1. The molecule has 4 nitrogen and oxygen atoms in total. The molecular formula is C12H15N3O. The Morgan fingerprint density at radius 1 is 1.38 bits per heavy atom. The molecule has 1 aliphatic heterocycles. The van der Waals surface area contributed by atoms with Gasteiger partial charge in [-0.2, -0.15) is 5.10 Å². The summed E-state index contributed by atoms with van der Waals surface area (Å²) in [7, 11) is 0. The van der Waals surface area contributed by atoms with E-state index in [4.69, 9.17) is 0 Å². The zero-order valence-corrected chi connectivity index (χ0v) is 9.29. The Balaban J connectivity index is 2.08. The number of rotatable bonds is 2. The van der Waals surface area contributed by atoms with Gasteiger partial charge in [-0.15, -0.1) is 0 Å². The van der Waals surface area contributed by atoms with E-state index in [1.807, 2.05) is 31.2 Å². The van der Waals surface area contributed by atoms with Gasteiger partial charge in [-0.25, -0.2) is 0 Å². The third-order valence-corrected chi connectivity index (χ3v) is 2.59. The van der Waals surface area contributed by atoms with Crippen molar-refractivity contribution in [3.63, 3.8) is 0 Å². The fourth-order valence-electron chi connectivity index (χ4n) is 1.61. The minimum Gasteiger partial charge on any atom is -0.351 e. The lowest BCUT2D eigenvalue weighted by Gasteiger charge is -2.14. The Morgan fingerprint density at radius 2 is 2.19 bits per heavy atom. The standard InChI is InChI=1S/C12H15N3O/c1-9-5-2-3-6-10(9)14-15-11-7-4-8-13-12(11)16/h2-3,5-6,14H,4,7-8H2,1H3,(H,13,16). The molecule has 0 aliphatic carbocycles. The quantitative estimate of drug-likeness (QED) is 0.740. The van der Waals surface area contributed by atoms with Crippen LogP contribution < -0.4 is 10.7 Å². The van der Waals surface area contributed by atoms with E-state index in [2.05, 4.69) is 15.8 Å². The third-order valence-electron chi connectivity index (χ3n) is 2.59. The summed E-state index contributed by atoms with van der Waals surface area (Å²) in [5.41, 5.74) is 5.57. The van der Waals surface area contributed by atoms with Gasteiger partial charge in [-0.05, 0) is 31.4 Å². The number of benzene rings is 1. The van der Waals surface area contributed by atoms with Crippen molar-refractivity contribution in [1.29, 1.82) is 0 Å². The lowest BCUT2D eigenvalue weighted by atomic mass is 10.1. The maximum absolute atomic E-state index is 11.4. The summed E-state index contributed by atoms with van der Waals surface area (Å²) in [4.78, 5) is 11.4. The first-order valence-corrected chi connectivity index (χ1v) is 5.44. The Bertz CT molecular complexity index is 426. The zero-order chi connectivity index (χ0) is 11.4. The van der Waals surface area contributed by atoms with Crippen LogP contribution in [0.3, 0.4) is 0 Å². The summed E-state index contributed by atoms with van der Waals surface area (Å²) in [5.74, 6) is -0.0627. The summed E-state index contributed by atoms with van der Waals surface area (Å²) in [6, 6.07) is 7.86. The Kier molecular flexibility index (Phi) is 3.19. The molecule has 1 amide bonds. The molecule has 0 aromatic heterocycles. The molecule has 1 aliphatic rings. The van der Waals surface area contributed by atoms with Gasteiger partial charge >= 0.3 is 0 Å². The average Bonchev–Trinajstić information content (AvgIpc) is 2.30. The number of aryl methyl sites for hydroxylation is 1. The molecule has 4 heteroatoms. The molecule has 1 heterocycles. The monoisotopic (exact) mass is 217 g/mol. The second kappa shape index (κ2) is 4.79. The summed E-state index contributed by atoms with van der Waals surface area (Å²) < 4.78 is 0. The Labute approximate surface area is 94.7 Å². The van der Waals surface area contributed by atoms with Crippen molar-refractivity contribution in [2.75, 3.05) is 12.0 Å². The number of anilines is 1. The van der Waals surface area contributed by atoms with Crippen molar-refractivity contribution in [1.82, 2.24) is 5.32 Å². The number of nitrogens with zero attached hydrogens (tertiary/aromatic N) is 1. The van der Waals surface area contributed by atoms with Crippen LogP contribution in [0, 0.1) is 6.92 Å². The fourth-order valence-corrected chi connectivity index (χ4v) is 1.61. The molecule has 0 bridgehead atoms. The van der Waals surface area contributed by atoms with Crippen LogP contribution in [0.15, 0.2) is 29.4 Å². The molecule has 0 radical (unpaired) electrons. The molecule has 84 valence electrons. The molecular weight excluding hydrogens is 202 g/mol. The summed E-state index contributed by atoms with van der Waals surface area (Å²) >= 11 is 0. The van der Waals surface area contributed by atoms with Gasteiger partial charge in [0.05, 0.1) is 5.69 Å². The minimum atomic E-state index is -0.0627. The van der Waals surface area contributed by atoms with Crippen LogP contribution >= 0.6 is 0 Å². The van der Waals surface area contributed by atoms with Crippen LogP contribution in [-0.2, 0) is 4.79 Å². The summed E-state index contributed by atoms with van der Waals surface area (Å²) in [6.07, 6.45) is 1.70. The molecule has 0 unspecified atom stereocenters. The van der Waals surface area contributed by atoms with E-state index in [1.54, 1.807) is 0 Å². The normalized spacial score (nSPS) is 18.3. The van der Waals surface area contributed by atoms with E-state index in [0.29, 0.717) is 5.71 Å². The van der Waals surface area contributed by atoms with Gasteiger partial charge < -0.3 is 5.32 Å². The van der Waals surface area contributed by atoms with E-state index in [9.17, 15) is 4.79 Å². The summed E-state index contributed by atoms with van der Waals surface area (Å²) in [6.45, 7) is 2.76. The number of nitrogens with one attached hydrogen (secondary N) is 2. The van der Waals surface area contributed by atoms with Crippen molar-refractivity contribution < 1.29 is 4.79 Å². The lowest BCUT2D eigenvalue weighted by Crippen LogP contribution is -2.37. The molecule has 2 rings (SSSR count). The highest BCUT2D eigenvalue weighted by Gasteiger charge is 2.15. The van der Waals surface area contributed by atoms with Gasteiger partial charge in [0, 0.05) is 6.54 Å². The van der Waals surface area contributed by atoms with Crippen molar-refractivity contribution in [2.45, 2.75) is 19.8 Å². The molecule has 0 saturated carbocycles. The molecule has 0 atom stereocenters. The smallest absolute Gasteiger partial charge is 0.267 e. The van der Waals surface area contributed by atoms with Crippen molar-refractivity contribution in [3.05, 3.63) is 29.8 Å². The van der Waals surface area contributed by atoms with Gasteiger partial charge in [-0.3, -0.25) is 10.2 Å². The highest BCUT2D eigenvalue weighted by Crippen LogP contribution is 2.13. The number of carbonyl (C=O) groups is 1. The second-order valence-corrected chi connectivity index (χ2v) is 3.84. The fraction of sp³-hybridized carbons (Fsp3) is 0.333. The Hall–Kier alpha value is -1.84. The zero-order valence-electron chi connectivity index (χ0n) is 9.29. The number of hydrazone groups is 1. The minimum absolute atomic E-state index is 0.0627. The highest BCUT2D eigenvalue weighted by molar-refractivity contribution is 6.39. The van der Waals surface area contributed by atoms with E-state index >= 15 is 0 Å². The van der Waals surface area contributed by atoms with Crippen LogP contribution in [0.1, 0.15) is 18.4 Å². The lowest BCUT2D eigenvalue weighted by molar-refractivity contribution is -0.115. The van der Waals surface area contributed by atoms with Crippen LogP contribution in [0.5, 0.6) is 0 Å². The predicted molar refractivity (Wildman–Crippen MR) is 64.5 cm³/mol. The number of piperidine rings is 1.